The summed E-state index contributed by atoms with van der Waals surface area (Å²) >= 11 is 7.81. The van der Waals surface area contributed by atoms with E-state index in [0.29, 0.717) is 5.15 Å². The third-order valence-corrected chi connectivity index (χ3v) is 4.19. The Bertz CT molecular complexity index is 725. The van der Waals surface area contributed by atoms with Crippen molar-refractivity contribution in [2.24, 2.45) is 7.05 Å². The van der Waals surface area contributed by atoms with Crippen LogP contribution >= 0.6 is 23.4 Å². The van der Waals surface area contributed by atoms with Gasteiger partial charge in [0.1, 0.15) is 11.5 Å². The standard InChI is InChI=1S/C13H11ClN4S/c1-18-13(15-8-16-18)19-7-10-6-9-4-2-3-5-11(9)17-12(10)14/h2-6,8H,7H2,1H3. The van der Waals surface area contributed by atoms with E-state index in [4.69, 9.17) is 11.6 Å². The summed E-state index contributed by atoms with van der Waals surface area (Å²) in [4.78, 5) is 8.58. The van der Waals surface area contributed by atoms with Gasteiger partial charge in [-0.25, -0.2) is 14.6 Å². The van der Waals surface area contributed by atoms with Crippen molar-refractivity contribution in [3.63, 3.8) is 0 Å². The molecule has 0 unspecified atom stereocenters. The Labute approximate surface area is 119 Å². The number of aromatic nitrogens is 4. The molecule has 0 amide bonds. The highest BCUT2D eigenvalue weighted by atomic mass is 35.5. The average molecular weight is 291 g/mol. The quantitative estimate of drug-likeness (QED) is 0.548. The van der Waals surface area contributed by atoms with E-state index in [2.05, 4.69) is 21.1 Å². The predicted octanol–water partition coefficient (Wildman–Crippen LogP) is 3.31. The molecule has 0 radical (unpaired) electrons. The Kier molecular flexibility index (Phi) is 3.40. The van der Waals surface area contributed by atoms with Gasteiger partial charge in [-0.15, -0.1) is 0 Å². The fourth-order valence-electron chi connectivity index (χ4n) is 1.80. The summed E-state index contributed by atoms with van der Waals surface area (Å²) in [5.74, 6) is 0.725. The van der Waals surface area contributed by atoms with Crippen LogP contribution in [0, 0.1) is 0 Å². The van der Waals surface area contributed by atoms with Gasteiger partial charge in [0.15, 0.2) is 5.16 Å². The van der Waals surface area contributed by atoms with Crippen LogP contribution in [-0.4, -0.2) is 19.7 Å². The number of rotatable bonds is 3. The molecule has 0 fully saturated rings. The number of nitrogens with zero attached hydrogens (tertiary/aromatic N) is 4. The zero-order chi connectivity index (χ0) is 13.2. The molecule has 2 aromatic heterocycles. The van der Waals surface area contributed by atoms with Crippen molar-refractivity contribution in [1.29, 1.82) is 0 Å². The maximum atomic E-state index is 6.22. The maximum Gasteiger partial charge on any atom is 0.186 e. The molecule has 0 aliphatic rings. The Morgan fingerprint density at radius 1 is 1.32 bits per heavy atom. The summed E-state index contributed by atoms with van der Waals surface area (Å²) in [6.45, 7) is 0. The second-order valence-corrected chi connectivity index (χ2v) is 5.39. The number of benzene rings is 1. The van der Waals surface area contributed by atoms with Crippen molar-refractivity contribution < 1.29 is 0 Å². The minimum atomic E-state index is 0.549. The lowest BCUT2D eigenvalue weighted by atomic mass is 10.2. The minimum absolute atomic E-state index is 0.549. The van der Waals surface area contributed by atoms with Gasteiger partial charge in [-0.05, 0) is 12.1 Å². The molecule has 0 aliphatic carbocycles. The smallest absolute Gasteiger partial charge is 0.186 e. The molecule has 0 N–H and O–H groups in total. The molecular weight excluding hydrogens is 280 g/mol. The van der Waals surface area contributed by atoms with Crippen molar-refractivity contribution in [2.75, 3.05) is 0 Å². The topological polar surface area (TPSA) is 43.6 Å². The molecule has 0 spiro atoms. The lowest BCUT2D eigenvalue weighted by Gasteiger charge is -2.05. The molecule has 3 aromatic rings. The Morgan fingerprint density at radius 2 is 2.16 bits per heavy atom. The van der Waals surface area contributed by atoms with Gasteiger partial charge in [-0.3, -0.25) is 0 Å². The van der Waals surface area contributed by atoms with E-state index in [9.17, 15) is 0 Å². The molecule has 6 heteroatoms. The van der Waals surface area contributed by atoms with Crippen LogP contribution in [0.3, 0.4) is 0 Å². The van der Waals surface area contributed by atoms with Crippen LogP contribution in [0.2, 0.25) is 5.15 Å². The first-order chi connectivity index (χ1) is 9.24. The van der Waals surface area contributed by atoms with Gasteiger partial charge in [0.2, 0.25) is 0 Å². The summed E-state index contributed by atoms with van der Waals surface area (Å²) < 4.78 is 1.74. The molecule has 0 aliphatic heterocycles. The van der Waals surface area contributed by atoms with E-state index in [1.807, 2.05) is 31.3 Å². The van der Waals surface area contributed by atoms with Gasteiger partial charge in [0, 0.05) is 23.8 Å². The zero-order valence-electron chi connectivity index (χ0n) is 10.2. The summed E-state index contributed by atoms with van der Waals surface area (Å²) in [6.07, 6.45) is 1.54. The molecule has 0 saturated carbocycles. The van der Waals surface area contributed by atoms with Crippen molar-refractivity contribution in [3.8, 4) is 0 Å². The van der Waals surface area contributed by atoms with E-state index >= 15 is 0 Å². The molecule has 96 valence electrons. The molecule has 19 heavy (non-hydrogen) atoms. The fourth-order valence-corrected chi connectivity index (χ4v) is 2.95. The van der Waals surface area contributed by atoms with Crippen LogP contribution in [0.1, 0.15) is 5.56 Å². The number of pyridine rings is 1. The van der Waals surface area contributed by atoms with E-state index in [1.165, 1.54) is 0 Å². The molecule has 0 bridgehead atoms. The highest BCUT2D eigenvalue weighted by Crippen LogP contribution is 2.26. The average Bonchev–Trinajstić information content (AvgIpc) is 2.82. The molecular formula is C13H11ClN4S. The number of aryl methyl sites for hydroxylation is 1. The first-order valence-corrected chi connectivity index (χ1v) is 7.11. The summed E-state index contributed by atoms with van der Waals surface area (Å²) in [5.41, 5.74) is 1.92. The van der Waals surface area contributed by atoms with Crippen LogP contribution in [0.4, 0.5) is 0 Å². The van der Waals surface area contributed by atoms with Crippen LogP contribution in [0.5, 0.6) is 0 Å². The molecule has 0 saturated heterocycles. The van der Waals surface area contributed by atoms with Gasteiger partial charge in [0.25, 0.3) is 0 Å². The maximum absolute atomic E-state index is 6.22. The van der Waals surface area contributed by atoms with Crippen molar-refractivity contribution in [2.45, 2.75) is 10.9 Å². The molecule has 2 heterocycles. The van der Waals surface area contributed by atoms with Gasteiger partial charge < -0.3 is 0 Å². The normalized spacial score (nSPS) is 11.1. The summed E-state index contributed by atoms with van der Waals surface area (Å²) in [6, 6.07) is 10.0. The van der Waals surface area contributed by atoms with Crippen molar-refractivity contribution >= 4 is 34.3 Å². The second kappa shape index (κ2) is 5.19. The summed E-state index contributed by atoms with van der Waals surface area (Å²) in [7, 11) is 1.87. The van der Waals surface area contributed by atoms with Gasteiger partial charge in [-0.2, -0.15) is 5.10 Å². The third-order valence-electron chi connectivity index (χ3n) is 2.78. The van der Waals surface area contributed by atoms with E-state index in [0.717, 1.165) is 27.4 Å². The number of hydrogen-bond acceptors (Lipinski definition) is 4. The van der Waals surface area contributed by atoms with Crippen LogP contribution < -0.4 is 0 Å². The van der Waals surface area contributed by atoms with Gasteiger partial charge >= 0.3 is 0 Å². The Balaban J connectivity index is 1.88. The monoisotopic (exact) mass is 290 g/mol. The lowest BCUT2D eigenvalue weighted by Crippen LogP contribution is -1.94. The highest BCUT2D eigenvalue weighted by molar-refractivity contribution is 7.98. The minimum Gasteiger partial charge on any atom is -0.244 e. The van der Waals surface area contributed by atoms with Gasteiger partial charge in [-0.1, -0.05) is 41.6 Å². The van der Waals surface area contributed by atoms with Crippen molar-refractivity contribution in [3.05, 3.63) is 47.4 Å². The van der Waals surface area contributed by atoms with Crippen molar-refractivity contribution in [1.82, 2.24) is 19.7 Å². The first-order valence-electron chi connectivity index (χ1n) is 5.75. The van der Waals surface area contributed by atoms with Crippen LogP contribution in [0.15, 0.2) is 41.8 Å². The van der Waals surface area contributed by atoms with E-state index in [-0.39, 0.29) is 0 Å². The number of fused-ring (bicyclic) bond motifs is 1. The Morgan fingerprint density at radius 3 is 2.95 bits per heavy atom. The highest BCUT2D eigenvalue weighted by Gasteiger charge is 2.07. The molecule has 4 nitrogen and oxygen atoms in total. The predicted molar refractivity (Wildman–Crippen MR) is 77.3 cm³/mol. The first kappa shape index (κ1) is 12.4. The summed E-state index contributed by atoms with van der Waals surface area (Å²) in [5, 5.41) is 6.55. The SMILES string of the molecule is Cn1ncnc1SCc1cc2ccccc2nc1Cl. The zero-order valence-corrected chi connectivity index (χ0v) is 11.8. The molecule has 1 aromatic carbocycles. The number of thioether (sulfide) groups is 1. The van der Waals surface area contributed by atoms with Gasteiger partial charge in [0.05, 0.1) is 5.52 Å². The second-order valence-electron chi connectivity index (χ2n) is 4.09. The number of para-hydroxylation sites is 1. The number of halogens is 1. The molecule has 0 atom stereocenters. The van der Waals surface area contributed by atoms with Crippen LogP contribution in [-0.2, 0) is 12.8 Å². The van der Waals surface area contributed by atoms with E-state index < -0.39 is 0 Å². The largest absolute Gasteiger partial charge is 0.244 e. The lowest BCUT2D eigenvalue weighted by molar-refractivity contribution is 0.685. The van der Waals surface area contributed by atoms with Crippen LogP contribution in [0.25, 0.3) is 10.9 Å². The third kappa shape index (κ3) is 2.57. The fraction of sp³-hybridized carbons (Fsp3) is 0.154. The Hall–Kier alpha value is -1.59. The number of hydrogen-bond donors (Lipinski definition) is 0. The van der Waals surface area contributed by atoms with E-state index in [1.54, 1.807) is 22.8 Å². The molecule has 3 rings (SSSR count).